The van der Waals surface area contributed by atoms with Gasteiger partial charge >= 0.3 is 5.69 Å². The number of nitro groups is 1. The number of ether oxygens (including phenoxy) is 1. The molecule has 1 aliphatic carbocycles. The summed E-state index contributed by atoms with van der Waals surface area (Å²) in [5, 5.41) is 14.6. The first-order valence-corrected chi connectivity index (χ1v) is 7.42. The first-order chi connectivity index (χ1) is 10.1. The molecule has 21 heavy (non-hydrogen) atoms. The average molecular weight is 294 g/mol. The van der Waals surface area contributed by atoms with Crippen molar-refractivity contribution < 1.29 is 9.66 Å². The van der Waals surface area contributed by atoms with Gasteiger partial charge in [0.15, 0.2) is 0 Å². The summed E-state index contributed by atoms with van der Waals surface area (Å²) in [7, 11) is 1.39. The molecule has 116 valence electrons. The number of methoxy groups -OCH3 is 1. The smallest absolute Gasteiger partial charge is 0.372 e. The standard InChI is InChI=1S/C14H22N4O3/c1-4-11-16-13(12(18(19)20)14(17-11)21-3)15-10-8-6-5-7-9(10)2/h9-10H,4-8H2,1-3H3,(H,15,16,17). The Hall–Kier alpha value is -1.92. The fourth-order valence-corrected chi connectivity index (χ4v) is 2.75. The molecule has 0 aliphatic heterocycles. The highest BCUT2D eigenvalue weighted by molar-refractivity contribution is 5.62. The molecule has 0 saturated heterocycles. The van der Waals surface area contributed by atoms with Crippen molar-refractivity contribution in [2.45, 2.75) is 52.0 Å². The highest BCUT2D eigenvalue weighted by atomic mass is 16.6. The molecule has 7 nitrogen and oxygen atoms in total. The van der Waals surface area contributed by atoms with Gasteiger partial charge in [-0.1, -0.05) is 26.7 Å². The molecule has 1 saturated carbocycles. The van der Waals surface area contributed by atoms with Crippen molar-refractivity contribution in [1.82, 2.24) is 9.97 Å². The number of hydrogen-bond donors (Lipinski definition) is 1. The fraction of sp³-hybridized carbons (Fsp3) is 0.714. The van der Waals surface area contributed by atoms with Gasteiger partial charge in [-0.3, -0.25) is 10.1 Å². The lowest BCUT2D eigenvalue weighted by molar-refractivity contribution is -0.385. The summed E-state index contributed by atoms with van der Waals surface area (Å²) in [6, 6.07) is 0.210. The van der Waals surface area contributed by atoms with Crippen LogP contribution in [0.1, 0.15) is 45.4 Å². The number of anilines is 1. The molecule has 0 amide bonds. The van der Waals surface area contributed by atoms with E-state index < -0.39 is 4.92 Å². The average Bonchev–Trinajstić information content (AvgIpc) is 2.48. The van der Waals surface area contributed by atoms with Crippen molar-refractivity contribution in [2.75, 3.05) is 12.4 Å². The molecule has 0 aromatic carbocycles. The first kappa shape index (κ1) is 15.5. The summed E-state index contributed by atoms with van der Waals surface area (Å²) in [4.78, 5) is 19.2. The summed E-state index contributed by atoms with van der Waals surface area (Å²) in [6.07, 6.45) is 5.09. The SMILES string of the molecule is CCc1nc(NC2CCCCC2C)c([N+](=O)[O-])c(OC)n1. The molecule has 1 heterocycles. The normalized spacial score (nSPS) is 21.9. The molecule has 7 heteroatoms. The highest BCUT2D eigenvalue weighted by Crippen LogP contribution is 2.34. The molecule has 1 fully saturated rings. The molecule has 1 N–H and O–H groups in total. The van der Waals surface area contributed by atoms with Crippen molar-refractivity contribution in [3.63, 3.8) is 0 Å². The lowest BCUT2D eigenvalue weighted by Crippen LogP contribution is -2.31. The Bertz CT molecular complexity index is 521. The van der Waals surface area contributed by atoms with E-state index in [-0.39, 0.29) is 23.4 Å². The maximum atomic E-state index is 11.3. The van der Waals surface area contributed by atoms with E-state index in [4.69, 9.17) is 4.74 Å². The Morgan fingerprint density at radius 3 is 2.67 bits per heavy atom. The summed E-state index contributed by atoms with van der Waals surface area (Å²) in [6.45, 7) is 4.08. The van der Waals surface area contributed by atoms with Crippen LogP contribution in [0, 0.1) is 16.0 Å². The predicted molar refractivity (Wildman–Crippen MR) is 79.7 cm³/mol. The van der Waals surface area contributed by atoms with Crippen LogP contribution in [0.25, 0.3) is 0 Å². The third-order valence-electron chi connectivity index (χ3n) is 4.02. The minimum atomic E-state index is -0.478. The van der Waals surface area contributed by atoms with Gasteiger partial charge in [0.1, 0.15) is 5.82 Å². The number of rotatable bonds is 5. The zero-order valence-corrected chi connectivity index (χ0v) is 12.8. The molecule has 1 aromatic heterocycles. The zero-order chi connectivity index (χ0) is 15.4. The van der Waals surface area contributed by atoms with Gasteiger partial charge in [0.25, 0.3) is 5.88 Å². The van der Waals surface area contributed by atoms with Crippen molar-refractivity contribution in [2.24, 2.45) is 5.92 Å². The lowest BCUT2D eigenvalue weighted by Gasteiger charge is -2.29. The third-order valence-corrected chi connectivity index (χ3v) is 4.02. The lowest BCUT2D eigenvalue weighted by atomic mass is 9.86. The molecule has 2 rings (SSSR count). The van der Waals surface area contributed by atoms with E-state index in [1.54, 1.807) is 0 Å². The van der Waals surface area contributed by atoms with E-state index in [1.807, 2.05) is 6.92 Å². The molecule has 2 unspecified atom stereocenters. The molecule has 0 spiro atoms. The third kappa shape index (κ3) is 3.40. The molecule has 2 atom stereocenters. The molecule has 1 aliphatic rings. The topological polar surface area (TPSA) is 90.2 Å². The van der Waals surface area contributed by atoms with E-state index in [0.29, 0.717) is 18.2 Å². The summed E-state index contributed by atoms with van der Waals surface area (Å²) in [5.41, 5.74) is -0.174. The number of aryl methyl sites for hydroxylation is 1. The van der Waals surface area contributed by atoms with Crippen LogP contribution >= 0.6 is 0 Å². The Morgan fingerprint density at radius 1 is 1.38 bits per heavy atom. The number of hydrogen-bond acceptors (Lipinski definition) is 6. The molecule has 0 radical (unpaired) electrons. The van der Waals surface area contributed by atoms with Gasteiger partial charge in [0.05, 0.1) is 12.0 Å². The Balaban J connectivity index is 2.37. The van der Waals surface area contributed by atoms with Crippen LogP contribution in [0.4, 0.5) is 11.5 Å². The minimum Gasteiger partial charge on any atom is -0.476 e. The summed E-state index contributed by atoms with van der Waals surface area (Å²) < 4.78 is 5.07. The molecule has 1 aromatic rings. The van der Waals surface area contributed by atoms with Crippen molar-refractivity contribution in [3.05, 3.63) is 15.9 Å². The Kier molecular flexibility index (Phi) is 4.93. The van der Waals surface area contributed by atoms with Crippen LogP contribution in [0.15, 0.2) is 0 Å². The second-order valence-electron chi connectivity index (χ2n) is 5.47. The maximum Gasteiger partial charge on any atom is 0.372 e. The minimum absolute atomic E-state index is 0.0258. The Labute approximate surface area is 124 Å². The van der Waals surface area contributed by atoms with Gasteiger partial charge in [-0.05, 0) is 18.8 Å². The van der Waals surface area contributed by atoms with Crippen molar-refractivity contribution in [1.29, 1.82) is 0 Å². The number of nitrogens with zero attached hydrogens (tertiary/aromatic N) is 3. The van der Waals surface area contributed by atoms with Crippen LogP contribution in [0.5, 0.6) is 5.88 Å². The fourth-order valence-electron chi connectivity index (χ4n) is 2.75. The number of aromatic nitrogens is 2. The van der Waals surface area contributed by atoms with Gasteiger partial charge in [-0.25, -0.2) is 4.98 Å². The van der Waals surface area contributed by atoms with Crippen LogP contribution < -0.4 is 10.1 Å². The van der Waals surface area contributed by atoms with E-state index in [0.717, 1.165) is 19.3 Å². The number of nitrogens with one attached hydrogen (secondary N) is 1. The maximum absolute atomic E-state index is 11.3. The zero-order valence-electron chi connectivity index (χ0n) is 12.8. The van der Waals surface area contributed by atoms with Crippen LogP contribution in [0.2, 0.25) is 0 Å². The first-order valence-electron chi connectivity index (χ1n) is 7.42. The van der Waals surface area contributed by atoms with E-state index in [9.17, 15) is 10.1 Å². The molecule has 0 bridgehead atoms. The van der Waals surface area contributed by atoms with Gasteiger partial charge in [0, 0.05) is 12.5 Å². The van der Waals surface area contributed by atoms with Crippen molar-refractivity contribution >= 4 is 11.5 Å². The van der Waals surface area contributed by atoms with Crippen molar-refractivity contribution in [3.8, 4) is 5.88 Å². The second kappa shape index (κ2) is 6.69. The van der Waals surface area contributed by atoms with E-state index >= 15 is 0 Å². The molecular formula is C14H22N4O3. The van der Waals surface area contributed by atoms with Crippen LogP contribution in [-0.4, -0.2) is 28.0 Å². The van der Waals surface area contributed by atoms with E-state index in [1.165, 1.54) is 13.5 Å². The Morgan fingerprint density at radius 2 is 2.10 bits per heavy atom. The van der Waals surface area contributed by atoms with E-state index in [2.05, 4.69) is 22.2 Å². The summed E-state index contributed by atoms with van der Waals surface area (Å²) in [5.74, 6) is 1.33. The van der Waals surface area contributed by atoms with Gasteiger partial charge in [0.2, 0.25) is 5.82 Å². The highest BCUT2D eigenvalue weighted by Gasteiger charge is 2.29. The monoisotopic (exact) mass is 294 g/mol. The van der Waals surface area contributed by atoms with Gasteiger partial charge in [-0.2, -0.15) is 4.98 Å². The van der Waals surface area contributed by atoms with Crippen LogP contribution in [-0.2, 0) is 6.42 Å². The second-order valence-corrected chi connectivity index (χ2v) is 5.47. The van der Waals surface area contributed by atoms with Crippen LogP contribution in [0.3, 0.4) is 0 Å². The largest absolute Gasteiger partial charge is 0.476 e. The van der Waals surface area contributed by atoms with Gasteiger partial charge in [-0.15, -0.1) is 0 Å². The quantitative estimate of drug-likeness (QED) is 0.663. The molecular weight excluding hydrogens is 272 g/mol. The predicted octanol–water partition coefficient (Wildman–Crippen LogP) is 2.95. The van der Waals surface area contributed by atoms with Gasteiger partial charge < -0.3 is 10.1 Å². The summed E-state index contributed by atoms with van der Waals surface area (Å²) >= 11 is 0.